The van der Waals surface area contributed by atoms with Crippen molar-refractivity contribution in [3.63, 3.8) is 0 Å². The zero-order valence-corrected chi connectivity index (χ0v) is 36.9. The zero-order chi connectivity index (χ0) is 45.3. The van der Waals surface area contributed by atoms with Crippen LogP contribution in [0.15, 0.2) is 79.0 Å². The predicted molar refractivity (Wildman–Crippen MR) is 241 cm³/mol. The van der Waals surface area contributed by atoms with Crippen LogP contribution in [0.3, 0.4) is 0 Å². The Morgan fingerprint density at radius 1 is 0.938 bits per heavy atom. The lowest BCUT2D eigenvalue weighted by molar-refractivity contribution is -0.138. The maximum absolute atomic E-state index is 14.4. The lowest BCUT2D eigenvalue weighted by Crippen LogP contribution is -2.52. The van der Waals surface area contributed by atoms with Gasteiger partial charge in [0.2, 0.25) is 5.91 Å². The lowest BCUT2D eigenvalue weighted by Gasteiger charge is -2.32. The Labute approximate surface area is 375 Å². The number of hydrogen-bond donors (Lipinski definition) is 4. The van der Waals surface area contributed by atoms with Gasteiger partial charge in [-0.05, 0) is 83.0 Å². The minimum absolute atomic E-state index is 0.0388. The number of imidazole rings is 2. The number of aromatic amines is 2. The largest absolute Gasteiger partial charge is 0.488 e. The van der Waals surface area contributed by atoms with Crippen molar-refractivity contribution in [3.05, 3.63) is 102 Å². The number of aromatic nitrogens is 4. The fourth-order valence-corrected chi connectivity index (χ4v) is 10.4. The van der Waals surface area contributed by atoms with Crippen molar-refractivity contribution in [2.75, 3.05) is 34.4 Å². The summed E-state index contributed by atoms with van der Waals surface area (Å²) in [7, 11) is 4.36. The Morgan fingerprint density at radius 3 is 2.51 bits per heavy atom. The van der Waals surface area contributed by atoms with Gasteiger partial charge >= 0.3 is 12.2 Å². The molecule has 4 aliphatic rings. The Kier molecular flexibility index (Phi) is 10.7. The summed E-state index contributed by atoms with van der Waals surface area (Å²) < 4.78 is 16.8. The third kappa shape index (κ3) is 7.48. The van der Waals surface area contributed by atoms with Crippen LogP contribution in [-0.4, -0.2) is 110 Å². The van der Waals surface area contributed by atoms with Gasteiger partial charge in [-0.2, -0.15) is 0 Å². The Morgan fingerprint density at radius 2 is 1.75 bits per heavy atom. The molecule has 10 rings (SSSR count). The van der Waals surface area contributed by atoms with Gasteiger partial charge in [-0.15, -0.1) is 0 Å². The highest BCUT2D eigenvalue weighted by molar-refractivity contribution is 6.07. The van der Waals surface area contributed by atoms with Crippen LogP contribution in [0.2, 0.25) is 0 Å². The molecule has 336 valence electrons. The molecule has 3 aliphatic heterocycles. The molecule has 4 N–H and O–H groups in total. The van der Waals surface area contributed by atoms with Crippen molar-refractivity contribution >= 4 is 45.8 Å². The second-order valence-electron chi connectivity index (χ2n) is 18.2. The van der Waals surface area contributed by atoms with E-state index in [1.807, 2.05) is 30.9 Å². The molecule has 16 heteroatoms. The van der Waals surface area contributed by atoms with Crippen molar-refractivity contribution in [1.29, 1.82) is 0 Å². The highest BCUT2D eigenvalue weighted by Gasteiger charge is 2.56. The number of nitrogens with zero attached hydrogens (tertiary/aromatic N) is 5. The van der Waals surface area contributed by atoms with E-state index in [0.717, 1.165) is 79.1 Å². The molecule has 0 bridgehead atoms. The number of hydrogen-bond acceptors (Lipinski definition) is 9. The first-order valence-corrected chi connectivity index (χ1v) is 22.2. The van der Waals surface area contributed by atoms with Crippen LogP contribution in [0.1, 0.15) is 74.0 Å². The third-order valence-corrected chi connectivity index (χ3v) is 13.8. The molecule has 16 nitrogen and oxygen atoms in total. The van der Waals surface area contributed by atoms with Gasteiger partial charge in [0, 0.05) is 43.6 Å². The normalized spacial score (nSPS) is 21.7. The van der Waals surface area contributed by atoms with Crippen LogP contribution >= 0.6 is 0 Å². The maximum atomic E-state index is 14.4. The SMILES string of the molecule is COC[C@H]1C[C@@H](c2ncc(-c3ccc4c(c3)COc3cc5c(ccc6[nH]c([C@@H]7C[C@H]8C[C@H]8N7C(=O)[C@@H](NC(=O)OC)C(C)C)nc65)cc3-4)[nH]2)N(C(=O)[C@@H](c2ccccc2)N(C)C(=O)O)C1. The molecule has 7 atom stereocenters. The molecule has 4 amide bonds. The van der Waals surface area contributed by atoms with Gasteiger partial charge in [0.05, 0.1) is 48.7 Å². The van der Waals surface area contributed by atoms with E-state index in [2.05, 4.69) is 51.7 Å². The molecule has 2 aromatic heterocycles. The molecule has 4 aromatic carbocycles. The van der Waals surface area contributed by atoms with Crippen molar-refractivity contribution in [2.45, 2.75) is 69.9 Å². The van der Waals surface area contributed by atoms with E-state index in [4.69, 9.17) is 24.2 Å². The average Bonchev–Trinajstić information content (AvgIpc) is 3.77. The molecule has 1 saturated carbocycles. The smallest absolute Gasteiger partial charge is 0.407 e. The van der Waals surface area contributed by atoms with E-state index in [1.165, 1.54) is 14.2 Å². The van der Waals surface area contributed by atoms with Gasteiger partial charge in [0.1, 0.15) is 36.1 Å². The molecule has 3 fully saturated rings. The van der Waals surface area contributed by atoms with Crippen molar-refractivity contribution in [1.82, 2.24) is 40.0 Å². The number of nitrogens with one attached hydrogen (secondary N) is 3. The molecule has 1 aliphatic carbocycles. The minimum atomic E-state index is -1.19. The summed E-state index contributed by atoms with van der Waals surface area (Å²) in [5.41, 5.74) is 7.01. The van der Waals surface area contributed by atoms with Gasteiger partial charge in [-0.1, -0.05) is 62.4 Å². The monoisotopic (exact) mass is 880 g/mol. The average molecular weight is 881 g/mol. The zero-order valence-electron chi connectivity index (χ0n) is 36.9. The first kappa shape index (κ1) is 42.0. The minimum Gasteiger partial charge on any atom is -0.488 e. The van der Waals surface area contributed by atoms with E-state index in [9.17, 15) is 24.3 Å². The highest BCUT2D eigenvalue weighted by Crippen LogP contribution is 2.54. The van der Waals surface area contributed by atoms with E-state index < -0.39 is 30.3 Å². The Balaban J connectivity index is 0.913. The summed E-state index contributed by atoms with van der Waals surface area (Å²) in [6.45, 7) is 5.04. The van der Waals surface area contributed by atoms with Crippen LogP contribution in [0, 0.1) is 17.8 Å². The Bertz CT molecular complexity index is 2840. The summed E-state index contributed by atoms with van der Waals surface area (Å²) in [5, 5.41) is 14.7. The number of methoxy groups -OCH3 is 2. The van der Waals surface area contributed by atoms with Gasteiger partial charge < -0.3 is 44.4 Å². The fourth-order valence-electron chi connectivity index (χ4n) is 10.4. The number of amides is 4. The standard InChI is InChI=1S/C49H52N8O8/c1-25(2)41(54-48(60)64-5)46(58)57-37-18-30(37)19-39(57)45-51-35-14-12-28-17-34-32-13-11-29(16-31(32)24-65-40(34)20-33(28)42(35)53-45)36-21-50-44(52-36)38-15-26(23-63-4)22-56(38)47(59)43(55(3)49(61)62)27-9-7-6-8-10-27/h6-14,16-17,20-21,25-26,30,37-39,41,43H,15,18-19,22-24H2,1-5H3,(H,50,52)(H,51,53)(H,54,60)(H,61,62)/t26-,30+,37+,38-,39-,41-,43+/m0/s1. The van der Waals surface area contributed by atoms with Gasteiger partial charge in [0.15, 0.2) is 0 Å². The number of fused-ring (bicyclic) bond motifs is 7. The van der Waals surface area contributed by atoms with Gasteiger partial charge in [0.25, 0.3) is 5.91 Å². The van der Waals surface area contributed by atoms with Crippen LogP contribution < -0.4 is 10.1 Å². The number of benzene rings is 4. The maximum Gasteiger partial charge on any atom is 0.407 e. The van der Waals surface area contributed by atoms with Crippen molar-refractivity contribution < 1.29 is 38.5 Å². The number of alkyl carbamates (subject to hydrolysis) is 1. The van der Waals surface area contributed by atoms with E-state index in [1.54, 1.807) is 42.5 Å². The van der Waals surface area contributed by atoms with Crippen LogP contribution in [0.4, 0.5) is 9.59 Å². The Hall–Kier alpha value is -6.94. The number of rotatable bonds is 11. The quantitative estimate of drug-likeness (QED) is 0.101. The number of likely N-dealkylation sites (tertiary alicyclic amines) is 2. The molecule has 2 saturated heterocycles. The molecule has 0 unspecified atom stereocenters. The molecule has 0 spiro atoms. The summed E-state index contributed by atoms with van der Waals surface area (Å²) >= 11 is 0. The van der Waals surface area contributed by atoms with E-state index in [-0.39, 0.29) is 35.7 Å². The summed E-state index contributed by atoms with van der Waals surface area (Å²) in [6.07, 6.45) is 2.32. The van der Waals surface area contributed by atoms with Crippen LogP contribution in [-0.2, 0) is 25.7 Å². The number of H-pyrrole nitrogens is 2. The number of carbonyl (C=O) groups excluding carboxylic acids is 3. The molecular formula is C49H52N8O8. The topological polar surface area (TPSA) is 195 Å². The van der Waals surface area contributed by atoms with Gasteiger partial charge in [-0.3, -0.25) is 14.5 Å². The first-order valence-electron chi connectivity index (χ1n) is 22.2. The highest BCUT2D eigenvalue weighted by atomic mass is 16.5. The molecule has 6 aromatic rings. The van der Waals surface area contributed by atoms with Gasteiger partial charge in [-0.25, -0.2) is 19.6 Å². The third-order valence-electron chi connectivity index (χ3n) is 13.8. The lowest BCUT2D eigenvalue weighted by atomic mass is 9.92. The number of ether oxygens (including phenoxy) is 3. The van der Waals surface area contributed by atoms with Crippen LogP contribution in [0.5, 0.6) is 5.75 Å². The van der Waals surface area contributed by atoms with Crippen LogP contribution in [0.25, 0.3) is 44.2 Å². The predicted octanol–water partition coefficient (Wildman–Crippen LogP) is 7.60. The van der Waals surface area contributed by atoms with E-state index in [0.29, 0.717) is 43.5 Å². The van der Waals surface area contributed by atoms with Crippen molar-refractivity contribution in [2.24, 2.45) is 17.8 Å². The first-order chi connectivity index (χ1) is 31.4. The summed E-state index contributed by atoms with van der Waals surface area (Å²) in [4.78, 5) is 74.5. The molecule has 0 radical (unpaired) electrons. The number of piperidine rings is 1. The van der Waals surface area contributed by atoms with E-state index >= 15 is 0 Å². The summed E-state index contributed by atoms with van der Waals surface area (Å²) in [6, 6.07) is 21.3. The second kappa shape index (κ2) is 16.6. The number of carbonyl (C=O) groups is 4. The molecular weight excluding hydrogens is 829 g/mol. The number of likely N-dealkylation sites (N-methyl/N-ethyl adjacent to an activating group) is 1. The second-order valence-corrected chi connectivity index (χ2v) is 18.2. The van der Waals surface area contributed by atoms with Crippen molar-refractivity contribution in [3.8, 4) is 28.1 Å². The summed E-state index contributed by atoms with van der Waals surface area (Å²) in [5.74, 6) is 1.99. The molecule has 5 heterocycles. The fraction of sp³-hybridized carbons (Fsp3) is 0.388. The molecule has 65 heavy (non-hydrogen) atoms. The number of carboxylic acid groups (broad SMARTS) is 1.